The molecule has 144 valence electrons. The van der Waals surface area contributed by atoms with Crippen molar-refractivity contribution >= 4 is 28.8 Å². The van der Waals surface area contributed by atoms with Crippen LogP contribution in [0, 0.1) is 6.92 Å². The minimum atomic E-state index is -0.236. The number of aryl methyl sites for hydroxylation is 1. The van der Waals surface area contributed by atoms with Gasteiger partial charge in [0.2, 0.25) is 11.8 Å². The number of nitrogens with one attached hydrogen (secondary N) is 1. The van der Waals surface area contributed by atoms with E-state index < -0.39 is 0 Å². The largest absolute Gasteiger partial charge is 0.497 e. The molecule has 0 fully saturated rings. The molecule has 29 heavy (non-hydrogen) atoms. The second kappa shape index (κ2) is 8.02. The summed E-state index contributed by atoms with van der Waals surface area (Å²) in [7, 11) is 1.62. The van der Waals surface area contributed by atoms with Crippen molar-refractivity contribution in [2.75, 3.05) is 12.4 Å². The number of carbonyl (C=O) groups excluding carboxylic acids is 1. The van der Waals surface area contributed by atoms with Gasteiger partial charge >= 0.3 is 0 Å². The zero-order valence-electron chi connectivity index (χ0n) is 16.2. The highest BCUT2D eigenvalue weighted by atomic mass is 16.5. The first-order valence-corrected chi connectivity index (χ1v) is 9.22. The summed E-state index contributed by atoms with van der Waals surface area (Å²) in [5.74, 6) is 1.01. The Hall–Kier alpha value is -3.86. The van der Waals surface area contributed by atoms with Crippen molar-refractivity contribution in [2.45, 2.75) is 6.92 Å². The molecule has 1 heterocycles. The zero-order chi connectivity index (χ0) is 20.2. The highest BCUT2D eigenvalue weighted by molar-refractivity contribution is 6.04. The fourth-order valence-electron chi connectivity index (χ4n) is 2.99. The van der Waals surface area contributed by atoms with Crippen molar-refractivity contribution < 1.29 is 13.9 Å². The molecule has 4 rings (SSSR count). The number of rotatable bonds is 5. The number of fused-ring (bicyclic) bond motifs is 1. The van der Waals surface area contributed by atoms with Gasteiger partial charge in [-0.2, -0.15) is 0 Å². The number of anilines is 1. The van der Waals surface area contributed by atoms with Crippen LogP contribution in [0.4, 0.5) is 5.69 Å². The number of hydrogen-bond donors (Lipinski definition) is 1. The van der Waals surface area contributed by atoms with Crippen LogP contribution in [0.3, 0.4) is 0 Å². The molecule has 1 amide bonds. The molecule has 0 saturated heterocycles. The Balaban J connectivity index is 1.55. The predicted molar refractivity (Wildman–Crippen MR) is 115 cm³/mol. The Kier molecular flexibility index (Phi) is 5.12. The molecule has 0 unspecified atom stereocenters. The molecule has 0 radical (unpaired) electrons. The second-order valence-corrected chi connectivity index (χ2v) is 6.63. The van der Waals surface area contributed by atoms with Crippen LogP contribution >= 0.6 is 0 Å². The van der Waals surface area contributed by atoms with Gasteiger partial charge in [-0.15, -0.1) is 0 Å². The third-order valence-electron chi connectivity index (χ3n) is 4.50. The van der Waals surface area contributed by atoms with Crippen molar-refractivity contribution in [2.24, 2.45) is 0 Å². The van der Waals surface area contributed by atoms with Crippen LogP contribution in [-0.4, -0.2) is 18.0 Å². The van der Waals surface area contributed by atoms with Crippen LogP contribution in [0.25, 0.3) is 28.6 Å². The van der Waals surface area contributed by atoms with E-state index in [-0.39, 0.29) is 5.91 Å². The van der Waals surface area contributed by atoms with Crippen molar-refractivity contribution in [1.29, 1.82) is 0 Å². The quantitative estimate of drug-likeness (QED) is 0.464. The molecule has 1 aromatic heterocycles. The van der Waals surface area contributed by atoms with E-state index >= 15 is 0 Å². The van der Waals surface area contributed by atoms with E-state index in [9.17, 15) is 4.79 Å². The molecule has 0 bridgehead atoms. The average Bonchev–Trinajstić information content (AvgIpc) is 3.16. The van der Waals surface area contributed by atoms with Crippen LogP contribution in [0.2, 0.25) is 0 Å². The first-order chi connectivity index (χ1) is 14.1. The number of hydrogen-bond acceptors (Lipinski definition) is 4. The molecule has 5 heteroatoms. The number of ether oxygens (including phenoxy) is 1. The van der Waals surface area contributed by atoms with Gasteiger partial charge in [-0.05, 0) is 60.5 Å². The Morgan fingerprint density at radius 3 is 2.66 bits per heavy atom. The summed E-state index contributed by atoms with van der Waals surface area (Å²) in [6, 6.07) is 20.8. The lowest BCUT2D eigenvalue weighted by Crippen LogP contribution is -2.08. The van der Waals surface area contributed by atoms with Crippen LogP contribution in [0.15, 0.2) is 77.2 Å². The van der Waals surface area contributed by atoms with Crippen LogP contribution in [-0.2, 0) is 4.79 Å². The van der Waals surface area contributed by atoms with Gasteiger partial charge in [-0.1, -0.05) is 30.3 Å². The third-order valence-corrected chi connectivity index (χ3v) is 4.50. The molecule has 4 aromatic rings. The normalized spacial score (nSPS) is 11.1. The fourth-order valence-corrected chi connectivity index (χ4v) is 2.99. The van der Waals surface area contributed by atoms with Gasteiger partial charge in [-0.3, -0.25) is 4.79 Å². The molecule has 0 aliphatic carbocycles. The van der Waals surface area contributed by atoms with E-state index in [0.29, 0.717) is 17.2 Å². The Labute approximate surface area is 168 Å². The molecule has 0 spiro atoms. The van der Waals surface area contributed by atoms with Gasteiger partial charge in [-0.25, -0.2) is 4.98 Å². The predicted octanol–water partition coefficient (Wildman–Crippen LogP) is 5.46. The van der Waals surface area contributed by atoms with Crippen molar-refractivity contribution in [3.8, 4) is 17.2 Å². The average molecular weight is 384 g/mol. The maximum absolute atomic E-state index is 12.4. The number of aromatic nitrogens is 1. The molecule has 0 atom stereocenters. The molecule has 0 saturated carbocycles. The van der Waals surface area contributed by atoms with E-state index in [0.717, 1.165) is 28.0 Å². The lowest BCUT2D eigenvalue weighted by Gasteiger charge is -2.06. The van der Waals surface area contributed by atoms with Gasteiger partial charge in [0.05, 0.1) is 18.4 Å². The maximum atomic E-state index is 12.4. The number of carbonyl (C=O) groups is 1. The first-order valence-electron chi connectivity index (χ1n) is 9.22. The van der Waals surface area contributed by atoms with E-state index in [1.54, 1.807) is 13.2 Å². The lowest BCUT2D eigenvalue weighted by atomic mass is 10.1. The van der Waals surface area contributed by atoms with Gasteiger partial charge in [0.1, 0.15) is 11.3 Å². The summed E-state index contributed by atoms with van der Waals surface area (Å²) in [6.07, 6.45) is 3.24. The summed E-state index contributed by atoms with van der Waals surface area (Å²) in [4.78, 5) is 17.0. The molecule has 5 nitrogen and oxygen atoms in total. The lowest BCUT2D eigenvalue weighted by molar-refractivity contribution is -0.111. The number of oxazole rings is 1. The van der Waals surface area contributed by atoms with Crippen molar-refractivity contribution in [3.63, 3.8) is 0 Å². The summed E-state index contributed by atoms with van der Waals surface area (Å²) in [5, 5.41) is 2.91. The summed E-state index contributed by atoms with van der Waals surface area (Å²) < 4.78 is 11.0. The van der Waals surface area contributed by atoms with E-state index in [4.69, 9.17) is 9.15 Å². The Bertz CT molecular complexity index is 1190. The molecular weight excluding hydrogens is 364 g/mol. The fraction of sp³-hybridized carbons (Fsp3) is 0.0833. The minimum Gasteiger partial charge on any atom is -0.497 e. The SMILES string of the molecule is COc1ccc(C=CC(=O)Nc2ccccc2-c2nc3cc(C)ccc3o2)cc1. The van der Waals surface area contributed by atoms with Gasteiger partial charge in [0.15, 0.2) is 5.58 Å². The Morgan fingerprint density at radius 2 is 1.86 bits per heavy atom. The number of nitrogens with zero attached hydrogens (tertiary/aromatic N) is 1. The minimum absolute atomic E-state index is 0.236. The number of amides is 1. The highest BCUT2D eigenvalue weighted by Gasteiger charge is 2.13. The van der Waals surface area contributed by atoms with Crippen LogP contribution < -0.4 is 10.1 Å². The van der Waals surface area contributed by atoms with Gasteiger partial charge in [0.25, 0.3) is 0 Å². The molecule has 0 aliphatic rings. The topological polar surface area (TPSA) is 64.4 Å². The number of benzene rings is 3. The zero-order valence-corrected chi connectivity index (χ0v) is 16.2. The van der Waals surface area contributed by atoms with E-state index in [1.165, 1.54) is 6.08 Å². The molecule has 0 aliphatic heterocycles. The molecule has 1 N–H and O–H groups in total. The van der Waals surface area contributed by atoms with Crippen molar-refractivity contribution in [1.82, 2.24) is 4.98 Å². The van der Waals surface area contributed by atoms with Gasteiger partial charge < -0.3 is 14.5 Å². The second-order valence-electron chi connectivity index (χ2n) is 6.63. The number of para-hydroxylation sites is 1. The summed E-state index contributed by atoms with van der Waals surface area (Å²) >= 11 is 0. The summed E-state index contributed by atoms with van der Waals surface area (Å²) in [6.45, 7) is 2.01. The molecular formula is C24H20N2O3. The standard InChI is InChI=1S/C24H20N2O3/c1-16-7-13-22-21(15-16)26-24(29-22)19-5-3-4-6-20(19)25-23(27)14-10-17-8-11-18(28-2)12-9-17/h3-15H,1-2H3,(H,25,27). The Morgan fingerprint density at radius 1 is 1.07 bits per heavy atom. The van der Waals surface area contributed by atoms with E-state index in [1.807, 2.05) is 73.7 Å². The maximum Gasteiger partial charge on any atom is 0.248 e. The first kappa shape index (κ1) is 18.5. The summed E-state index contributed by atoms with van der Waals surface area (Å²) in [5.41, 5.74) is 4.89. The smallest absolute Gasteiger partial charge is 0.248 e. The monoisotopic (exact) mass is 384 g/mol. The van der Waals surface area contributed by atoms with Crippen LogP contribution in [0.1, 0.15) is 11.1 Å². The highest BCUT2D eigenvalue weighted by Crippen LogP contribution is 2.30. The van der Waals surface area contributed by atoms with Gasteiger partial charge in [0, 0.05) is 6.08 Å². The number of methoxy groups -OCH3 is 1. The molecule has 3 aromatic carbocycles. The van der Waals surface area contributed by atoms with E-state index in [2.05, 4.69) is 10.3 Å². The third kappa shape index (κ3) is 4.19. The van der Waals surface area contributed by atoms with Crippen molar-refractivity contribution in [3.05, 3.63) is 83.9 Å². The van der Waals surface area contributed by atoms with Crippen LogP contribution in [0.5, 0.6) is 5.75 Å².